The molecule has 0 aliphatic carbocycles. The molecule has 0 fully saturated rings. The third kappa shape index (κ3) is 11.6. The summed E-state index contributed by atoms with van der Waals surface area (Å²) in [5.74, 6) is 0. The number of fused-ring (bicyclic) bond motifs is 19. The molecule has 562 valence electrons. The third-order valence-corrected chi connectivity index (χ3v) is 22.1. The number of para-hydroxylation sites is 1. The van der Waals surface area contributed by atoms with Crippen LogP contribution in [0.3, 0.4) is 0 Å². The second kappa shape index (κ2) is 28.5. The minimum Gasteiger partial charge on any atom is -0.456 e. The van der Waals surface area contributed by atoms with E-state index in [2.05, 4.69) is 12.1 Å². The molecule has 0 N–H and O–H groups in total. The predicted octanol–water partition coefficient (Wildman–Crippen LogP) is 34.0. The van der Waals surface area contributed by atoms with Crippen molar-refractivity contribution in [2.45, 2.75) is 0 Å². The highest BCUT2D eigenvalue weighted by atomic mass is 16.3. The molecule has 121 heavy (non-hydrogen) atoms. The van der Waals surface area contributed by atoms with E-state index in [9.17, 15) is 16.4 Å². The Kier molecular flexibility index (Phi) is 9.25. The van der Waals surface area contributed by atoms with Crippen LogP contribution in [-0.4, -0.2) is 0 Å². The van der Waals surface area contributed by atoms with Gasteiger partial charge in [0.25, 0.3) is 0 Å². The van der Waals surface area contributed by atoms with Gasteiger partial charge < -0.3 is 13.3 Å². The first-order chi connectivity index (χ1) is 77.5. The van der Waals surface area contributed by atoms with Crippen LogP contribution in [0.25, 0.3) is 251 Å². The average Bonchev–Trinajstić information content (AvgIpc) is 1.69. The summed E-state index contributed by atoms with van der Waals surface area (Å²) in [6.07, 6.45) is 0. The van der Waals surface area contributed by atoms with Crippen molar-refractivity contribution in [3.8, 4) is 77.9 Å². The lowest BCUT2D eigenvalue weighted by Crippen LogP contribution is -1.91. The Morgan fingerprint density at radius 1 is 0.157 bits per heavy atom. The van der Waals surface area contributed by atoms with E-state index in [-0.39, 0.29) is 91.4 Å². The standard InChI is InChI=1S/C42H26O.C40H24O.C36H22O/c1-2-11-28(12-3-1)40-33-15-6-8-17-35(33)41(36-18-9-7-16-34(36)40)29-23-21-27(22-24-29)32-19-10-20-37-38-25-30-13-4-5-14-31(30)26-39(38)43-42(32)37;1-2-12-27-23-38-36(22-26(27)11-1)30-21-20-28(24-37(30)41-38)39-32-15-5-7-17-34(32)40(35-18-8-6-16-33(35)39)31-19-9-13-25-10-3-4-14-29(25)31;1-2-10-23(11-3-1)35-28-14-6-8-16-30(28)36(31-17-9-7-15-29(31)35)26-18-19-27-32-20-24-12-4-5-13-25(24)21-34(32)37-33(27)22-26/h1-26H;1-24H;1-22H/i1D,2D,3D,4D,5D,6D,7D,8D,9D,10D,11D,12D,13D,14D,15D,16D,17D,18D,19D,20D,21D,22D,23D,24D,25D,26D;5D,6D,7D,8D,15D,16D,17D,18D;6D,7D,8D,9D,14D,15D,16D,17D. The van der Waals surface area contributed by atoms with Crippen LogP contribution in [0.15, 0.2) is 449 Å². The van der Waals surface area contributed by atoms with Gasteiger partial charge in [-0.15, -0.1) is 0 Å². The van der Waals surface area contributed by atoms with Crippen molar-refractivity contribution in [2.24, 2.45) is 0 Å². The minimum atomic E-state index is -1.06. The van der Waals surface area contributed by atoms with Gasteiger partial charge in [-0.25, -0.2) is 0 Å². The summed E-state index contributed by atoms with van der Waals surface area (Å²) >= 11 is 0. The molecule has 26 rings (SSSR count). The number of benzene rings is 23. The van der Waals surface area contributed by atoms with E-state index in [1.165, 1.54) is 0 Å². The summed E-state index contributed by atoms with van der Waals surface area (Å²) in [6, 6.07) is 28.5. The number of hydrogen-bond donors (Lipinski definition) is 0. The largest absolute Gasteiger partial charge is 0.456 e. The summed E-state index contributed by atoms with van der Waals surface area (Å²) in [7, 11) is 0. The van der Waals surface area contributed by atoms with E-state index >= 15 is 0 Å². The molecule has 3 heterocycles. The van der Waals surface area contributed by atoms with Gasteiger partial charge in [-0.05, 0) is 241 Å². The van der Waals surface area contributed by atoms with Crippen LogP contribution in [0.5, 0.6) is 0 Å². The van der Waals surface area contributed by atoms with Crippen molar-refractivity contribution in [3.05, 3.63) is 436 Å². The number of rotatable bonds is 7. The summed E-state index contributed by atoms with van der Waals surface area (Å²) in [5, 5.41) is 6.39. The molecule has 0 radical (unpaired) electrons. The van der Waals surface area contributed by atoms with Crippen molar-refractivity contribution < 1.29 is 70.8 Å². The molecule has 0 amide bonds. The van der Waals surface area contributed by atoms with Crippen LogP contribution >= 0.6 is 0 Å². The Labute approximate surface area is 755 Å². The molecule has 0 atom stereocenters. The zero-order chi connectivity index (χ0) is 116. The van der Waals surface area contributed by atoms with Gasteiger partial charge in [0.2, 0.25) is 0 Å². The van der Waals surface area contributed by atoms with Gasteiger partial charge >= 0.3 is 0 Å². The Morgan fingerprint density at radius 3 is 1.01 bits per heavy atom. The maximum Gasteiger partial charge on any atom is 0.143 e. The molecule has 0 aliphatic heterocycles. The van der Waals surface area contributed by atoms with Gasteiger partial charge in [0.05, 0.1) is 57.6 Å². The van der Waals surface area contributed by atoms with Crippen molar-refractivity contribution in [2.75, 3.05) is 0 Å². The van der Waals surface area contributed by atoms with Gasteiger partial charge in [0, 0.05) is 37.9 Å². The summed E-state index contributed by atoms with van der Waals surface area (Å²) < 4.78 is 392. The summed E-state index contributed by atoms with van der Waals surface area (Å²) in [6.45, 7) is 0. The third-order valence-electron chi connectivity index (χ3n) is 22.1. The lowest BCUT2D eigenvalue weighted by molar-refractivity contribution is 0.669. The van der Waals surface area contributed by atoms with Crippen molar-refractivity contribution in [1.29, 1.82) is 0 Å². The van der Waals surface area contributed by atoms with Crippen LogP contribution in [-0.2, 0) is 0 Å². The molecule has 0 aliphatic rings. The second-order valence-corrected chi connectivity index (χ2v) is 28.7. The Morgan fingerprint density at radius 2 is 0.521 bits per heavy atom. The second-order valence-electron chi connectivity index (χ2n) is 28.7. The lowest BCUT2D eigenvalue weighted by Gasteiger charge is -2.18. The van der Waals surface area contributed by atoms with Gasteiger partial charge in [0.1, 0.15) is 33.5 Å². The molecule has 0 bridgehead atoms. The monoisotopic (exact) mass is 1580 g/mol. The van der Waals surface area contributed by atoms with E-state index in [0.717, 1.165) is 53.9 Å². The zero-order valence-electron chi connectivity index (χ0n) is 105. The molecule has 3 aromatic heterocycles. The molecule has 0 saturated heterocycles. The van der Waals surface area contributed by atoms with Crippen molar-refractivity contribution in [1.82, 2.24) is 0 Å². The minimum absolute atomic E-state index is 0.174. The van der Waals surface area contributed by atoms with Crippen LogP contribution in [0.1, 0.15) is 57.6 Å². The SMILES string of the molecule is [2H]c1c([2H])c([2H])c(-c2c3c([2H])c([2H])c([2H])c([2H])c3c(-c3c([2H])c([2H])c(-c4c([2H])c([2H])c([2H])c5c4oc4c([2H])c6c([2H])c([2H])c([2H])c([2H])c6c([2H])c45)c([2H])c3[2H])c3c([2H])c([2H])c([2H])c([2H])c23)c([2H])c1[2H].[2H]c1c([2H])c([2H])c2c(-c3ccc4c(c3)oc3cc5ccccc5cc34)c3c([2H])c([2H])c([2H])c([2H])c3c(-c3ccccc3)c2c1[2H].[2H]c1c([2H])c([2H])c2c(-c3cccc4ccccc34)c3c([2H])c([2H])c([2H])c([2H])c3c(-c3ccc4c(c3)oc3cc5ccccc5cc34)c2c1[2H]. The van der Waals surface area contributed by atoms with E-state index in [0.29, 0.717) is 66.8 Å². The number of hydrogen-bond acceptors (Lipinski definition) is 3. The van der Waals surface area contributed by atoms with Crippen LogP contribution < -0.4 is 0 Å². The molecule has 26 aromatic rings. The Bertz CT molecular complexity index is 11200. The number of furan rings is 3. The maximum atomic E-state index is 9.53. The first kappa shape index (κ1) is 39.3. The van der Waals surface area contributed by atoms with Crippen LogP contribution in [0.4, 0.5) is 0 Å². The first-order valence-corrected chi connectivity index (χ1v) is 38.1. The molecule has 3 heteroatoms. The quantitative estimate of drug-likeness (QED) is 0.149. The molecule has 0 unspecified atom stereocenters. The van der Waals surface area contributed by atoms with E-state index in [1.807, 2.05) is 133 Å². The van der Waals surface area contributed by atoms with Gasteiger partial charge in [-0.3, -0.25) is 0 Å². The molecular weight excluding hydrogens is 1470 g/mol. The highest BCUT2D eigenvalue weighted by Crippen LogP contribution is 2.51. The van der Waals surface area contributed by atoms with E-state index < -0.39 is 293 Å². The highest BCUT2D eigenvalue weighted by molar-refractivity contribution is 6.27. The summed E-state index contributed by atoms with van der Waals surface area (Å²) in [5.41, 5.74) is 0.387. The van der Waals surface area contributed by atoms with E-state index in [4.69, 9.17) is 54.4 Å². The fourth-order valence-corrected chi connectivity index (χ4v) is 16.8. The summed E-state index contributed by atoms with van der Waals surface area (Å²) in [4.78, 5) is 0. The van der Waals surface area contributed by atoms with Crippen molar-refractivity contribution >= 4 is 174 Å². The smallest absolute Gasteiger partial charge is 0.143 e. The van der Waals surface area contributed by atoms with Gasteiger partial charge in [0.15, 0.2) is 0 Å². The van der Waals surface area contributed by atoms with Crippen LogP contribution in [0.2, 0.25) is 0 Å². The maximum absolute atomic E-state index is 9.53. The Balaban J connectivity index is 0.000000131. The first-order valence-electron chi connectivity index (χ1n) is 59.1. The molecule has 23 aromatic carbocycles. The van der Waals surface area contributed by atoms with E-state index in [1.54, 1.807) is 36.4 Å². The average molecular weight is 1580 g/mol. The van der Waals surface area contributed by atoms with Crippen LogP contribution in [0, 0.1) is 0 Å². The van der Waals surface area contributed by atoms with Gasteiger partial charge in [-0.2, -0.15) is 0 Å². The zero-order valence-corrected chi connectivity index (χ0v) is 62.5. The van der Waals surface area contributed by atoms with Gasteiger partial charge in [-0.1, -0.05) is 375 Å². The predicted molar refractivity (Wildman–Crippen MR) is 514 cm³/mol. The fourth-order valence-electron chi connectivity index (χ4n) is 16.8. The molecule has 0 spiro atoms. The highest BCUT2D eigenvalue weighted by Gasteiger charge is 2.24. The Hall–Kier alpha value is -15.9. The lowest BCUT2D eigenvalue weighted by atomic mass is 9.84. The molecule has 3 nitrogen and oxygen atoms in total. The molecule has 0 saturated carbocycles. The van der Waals surface area contributed by atoms with Crippen molar-refractivity contribution in [3.63, 3.8) is 0 Å². The fraction of sp³-hybridized carbons (Fsp3) is 0. The molecular formula is C118H72O3. The topological polar surface area (TPSA) is 39.4 Å². The normalized spacial score (nSPS) is 16.7.